The fraction of sp³-hybridized carbons (Fsp3) is 0.231. The summed E-state index contributed by atoms with van der Waals surface area (Å²) in [6, 6.07) is 6.74. The predicted molar refractivity (Wildman–Crippen MR) is 68.7 cm³/mol. The van der Waals surface area contributed by atoms with Crippen LogP contribution in [-0.2, 0) is 0 Å². The molecule has 0 saturated carbocycles. The molecule has 0 atom stereocenters. The molecule has 19 heavy (non-hydrogen) atoms. The molecule has 1 aromatic heterocycles. The molecule has 1 amide bonds. The summed E-state index contributed by atoms with van der Waals surface area (Å²) in [6.07, 6.45) is 0. The Morgan fingerprint density at radius 2 is 1.89 bits per heavy atom. The molecule has 1 heterocycles. The first-order valence-corrected chi connectivity index (χ1v) is 5.61. The van der Waals surface area contributed by atoms with E-state index in [2.05, 4.69) is 10.5 Å². The van der Waals surface area contributed by atoms with Gasteiger partial charge >= 0.3 is 0 Å². The number of amides is 1. The van der Waals surface area contributed by atoms with E-state index >= 15 is 0 Å². The maximum absolute atomic E-state index is 12.2. The lowest BCUT2D eigenvalue weighted by molar-refractivity contribution is 0.101. The maximum Gasteiger partial charge on any atom is 0.265 e. The Hall–Kier alpha value is -2.50. The number of carbonyl (C=O) groups excluding carboxylic acids is 1. The molecule has 0 fully saturated rings. The number of benzene rings is 1. The van der Waals surface area contributed by atoms with Crippen molar-refractivity contribution in [3.8, 4) is 11.5 Å². The topological polar surface area (TPSA) is 73.6 Å². The number of carbonyl (C=O) groups is 1. The molecule has 100 valence electrons. The first-order chi connectivity index (χ1) is 9.15. The molecule has 6 heteroatoms. The van der Waals surface area contributed by atoms with Crippen molar-refractivity contribution < 1.29 is 18.8 Å². The van der Waals surface area contributed by atoms with E-state index in [4.69, 9.17) is 14.0 Å². The quantitative estimate of drug-likeness (QED) is 0.914. The van der Waals surface area contributed by atoms with Gasteiger partial charge in [-0.05, 0) is 19.1 Å². The van der Waals surface area contributed by atoms with Crippen molar-refractivity contribution in [2.24, 2.45) is 0 Å². The van der Waals surface area contributed by atoms with Crippen molar-refractivity contribution in [3.05, 3.63) is 35.5 Å². The molecule has 1 N–H and O–H groups in total. The van der Waals surface area contributed by atoms with Gasteiger partial charge in [-0.2, -0.15) is 0 Å². The first-order valence-electron chi connectivity index (χ1n) is 5.61. The van der Waals surface area contributed by atoms with Crippen LogP contribution in [-0.4, -0.2) is 25.3 Å². The van der Waals surface area contributed by atoms with E-state index in [1.54, 1.807) is 31.2 Å². The molecular formula is C13H14N2O4. The summed E-state index contributed by atoms with van der Waals surface area (Å²) in [6.45, 7) is 1.77. The van der Waals surface area contributed by atoms with Crippen LogP contribution in [0.5, 0.6) is 11.5 Å². The second kappa shape index (κ2) is 5.43. The molecule has 0 saturated heterocycles. The average Bonchev–Trinajstić information content (AvgIpc) is 2.82. The third-order valence-electron chi connectivity index (χ3n) is 2.52. The number of aryl methyl sites for hydroxylation is 1. The molecule has 0 bridgehead atoms. The second-order valence-corrected chi connectivity index (χ2v) is 3.82. The summed E-state index contributed by atoms with van der Waals surface area (Å²) < 4.78 is 15.3. The SMILES string of the molecule is COc1cccc(OC)c1C(=O)Nc1cc(C)no1. The van der Waals surface area contributed by atoms with E-state index < -0.39 is 0 Å². The van der Waals surface area contributed by atoms with Crippen LogP contribution in [0, 0.1) is 6.92 Å². The summed E-state index contributed by atoms with van der Waals surface area (Å²) in [4.78, 5) is 12.2. The largest absolute Gasteiger partial charge is 0.496 e. The van der Waals surface area contributed by atoms with Gasteiger partial charge in [0.15, 0.2) is 0 Å². The smallest absolute Gasteiger partial charge is 0.265 e. The molecular weight excluding hydrogens is 248 g/mol. The molecule has 2 rings (SSSR count). The van der Waals surface area contributed by atoms with Gasteiger partial charge in [0, 0.05) is 6.07 Å². The number of rotatable bonds is 4. The van der Waals surface area contributed by atoms with E-state index in [0.717, 1.165) is 0 Å². The predicted octanol–water partition coefficient (Wildman–Crippen LogP) is 2.25. The van der Waals surface area contributed by atoms with E-state index in [1.165, 1.54) is 14.2 Å². The number of nitrogens with one attached hydrogen (secondary N) is 1. The maximum atomic E-state index is 12.2. The minimum Gasteiger partial charge on any atom is -0.496 e. The van der Waals surface area contributed by atoms with Crippen molar-refractivity contribution in [2.75, 3.05) is 19.5 Å². The van der Waals surface area contributed by atoms with Crippen LogP contribution in [0.15, 0.2) is 28.8 Å². The highest BCUT2D eigenvalue weighted by atomic mass is 16.5. The number of aromatic nitrogens is 1. The van der Waals surface area contributed by atoms with Crippen LogP contribution < -0.4 is 14.8 Å². The van der Waals surface area contributed by atoms with Gasteiger partial charge in [-0.15, -0.1) is 0 Å². The zero-order chi connectivity index (χ0) is 13.8. The number of anilines is 1. The monoisotopic (exact) mass is 262 g/mol. The van der Waals surface area contributed by atoms with Gasteiger partial charge in [0.1, 0.15) is 17.1 Å². The average molecular weight is 262 g/mol. The Morgan fingerprint density at radius 1 is 1.26 bits per heavy atom. The van der Waals surface area contributed by atoms with E-state index in [-0.39, 0.29) is 11.8 Å². The number of methoxy groups -OCH3 is 2. The highest BCUT2D eigenvalue weighted by Gasteiger charge is 2.19. The summed E-state index contributed by atoms with van der Waals surface area (Å²) in [7, 11) is 2.98. The highest BCUT2D eigenvalue weighted by Crippen LogP contribution is 2.29. The van der Waals surface area contributed by atoms with Gasteiger partial charge in [-0.3, -0.25) is 10.1 Å². The van der Waals surface area contributed by atoms with Crippen LogP contribution >= 0.6 is 0 Å². The molecule has 6 nitrogen and oxygen atoms in total. The minimum absolute atomic E-state index is 0.274. The van der Waals surface area contributed by atoms with Crippen LogP contribution in [0.25, 0.3) is 0 Å². The first kappa shape index (κ1) is 12.9. The third kappa shape index (κ3) is 2.67. The van der Waals surface area contributed by atoms with Crippen LogP contribution in [0.1, 0.15) is 16.1 Å². The number of hydrogen-bond acceptors (Lipinski definition) is 5. The summed E-state index contributed by atoms with van der Waals surface area (Å²) in [5.41, 5.74) is 0.990. The molecule has 0 aliphatic rings. The molecule has 0 aliphatic heterocycles. The fourth-order valence-corrected chi connectivity index (χ4v) is 1.67. The molecule has 0 aliphatic carbocycles. The van der Waals surface area contributed by atoms with E-state index in [9.17, 15) is 4.79 Å². The second-order valence-electron chi connectivity index (χ2n) is 3.82. The Labute approximate surface area is 110 Å². The number of hydrogen-bond donors (Lipinski definition) is 1. The van der Waals surface area contributed by atoms with Gasteiger partial charge in [0.2, 0.25) is 5.88 Å². The molecule has 0 spiro atoms. The van der Waals surface area contributed by atoms with Crippen molar-refractivity contribution >= 4 is 11.8 Å². The molecule has 2 aromatic rings. The van der Waals surface area contributed by atoms with Gasteiger partial charge in [-0.25, -0.2) is 0 Å². The normalized spacial score (nSPS) is 10.1. The zero-order valence-corrected chi connectivity index (χ0v) is 10.9. The molecule has 0 unspecified atom stereocenters. The molecule has 0 radical (unpaired) electrons. The summed E-state index contributed by atoms with van der Waals surface area (Å²) in [5, 5.41) is 6.30. The lowest BCUT2D eigenvalue weighted by Crippen LogP contribution is -2.14. The molecule has 1 aromatic carbocycles. The van der Waals surface area contributed by atoms with Crippen molar-refractivity contribution in [1.82, 2.24) is 5.16 Å². The number of ether oxygens (including phenoxy) is 2. The van der Waals surface area contributed by atoms with E-state index in [1.807, 2.05) is 0 Å². The van der Waals surface area contributed by atoms with Gasteiger partial charge in [0.25, 0.3) is 5.91 Å². The van der Waals surface area contributed by atoms with Crippen LogP contribution in [0.2, 0.25) is 0 Å². The third-order valence-corrected chi connectivity index (χ3v) is 2.52. The Kier molecular flexibility index (Phi) is 3.70. The van der Waals surface area contributed by atoms with Gasteiger partial charge in [-0.1, -0.05) is 11.2 Å². The van der Waals surface area contributed by atoms with Crippen molar-refractivity contribution in [3.63, 3.8) is 0 Å². The zero-order valence-electron chi connectivity index (χ0n) is 10.9. The van der Waals surface area contributed by atoms with Crippen LogP contribution in [0.3, 0.4) is 0 Å². The van der Waals surface area contributed by atoms with Crippen LogP contribution in [0.4, 0.5) is 5.88 Å². The minimum atomic E-state index is -0.384. The van der Waals surface area contributed by atoms with Gasteiger partial charge < -0.3 is 14.0 Å². The van der Waals surface area contributed by atoms with Gasteiger partial charge in [0.05, 0.1) is 19.9 Å². The summed E-state index contributed by atoms with van der Waals surface area (Å²) >= 11 is 0. The lowest BCUT2D eigenvalue weighted by atomic mass is 10.1. The standard InChI is InChI=1S/C13H14N2O4/c1-8-7-11(19-15-8)14-13(16)12-9(17-2)5-4-6-10(12)18-3/h4-7H,1-3H3,(H,14,16). The van der Waals surface area contributed by atoms with E-state index in [0.29, 0.717) is 22.8 Å². The Bertz CT molecular complexity index is 570. The van der Waals surface area contributed by atoms with Crippen molar-refractivity contribution in [2.45, 2.75) is 6.92 Å². The summed E-state index contributed by atoms with van der Waals surface area (Å²) in [5.74, 6) is 0.738. The number of nitrogens with zero attached hydrogens (tertiary/aromatic N) is 1. The highest BCUT2D eigenvalue weighted by molar-refractivity contribution is 6.07. The fourth-order valence-electron chi connectivity index (χ4n) is 1.67. The Balaban J connectivity index is 2.32. The lowest BCUT2D eigenvalue weighted by Gasteiger charge is -2.11. The Morgan fingerprint density at radius 3 is 2.37 bits per heavy atom. The van der Waals surface area contributed by atoms with Crippen molar-refractivity contribution in [1.29, 1.82) is 0 Å².